The molecule has 0 aromatic heterocycles. The number of esters is 1. The Bertz CT molecular complexity index is 1050. The van der Waals surface area contributed by atoms with Crippen molar-refractivity contribution in [2.24, 2.45) is 0 Å². The average Bonchev–Trinajstić information content (AvgIpc) is 2.76. The molecule has 0 bridgehead atoms. The van der Waals surface area contributed by atoms with Crippen molar-refractivity contribution in [3.63, 3.8) is 0 Å². The van der Waals surface area contributed by atoms with Crippen LogP contribution in [0.25, 0.3) is 0 Å². The van der Waals surface area contributed by atoms with Crippen molar-refractivity contribution < 1.29 is 19.1 Å². The molecule has 3 rings (SSSR count). The second-order valence-electron chi connectivity index (χ2n) is 9.59. The fraction of sp³-hybridized carbons (Fsp3) is 0.407. The third-order valence-corrected chi connectivity index (χ3v) is 6.09. The Morgan fingerprint density at radius 1 is 1.12 bits per heavy atom. The van der Waals surface area contributed by atoms with Gasteiger partial charge in [-0.15, -0.1) is 6.58 Å². The summed E-state index contributed by atoms with van der Waals surface area (Å²) in [6.45, 7) is 12.2. The number of fused-ring (bicyclic) bond motifs is 1. The Morgan fingerprint density at radius 2 is 1.81 bits per heavy atom. The first-order chi connectivity index (χ1) is 15.0. The van der Waals surface area contributed by atoms with Crippen molar-refractivity contribution >= 4 is 17.6 Å². The fourth-order valence-corrected chi connectivity index (χ4v) is 4.62. The van der Waals surface area contributed by atoms with E-state index in [1.807, 2.05) is 43.3 Å². The van der Waals surface area contributed by atoms with E-state index in [0.29, 0.717) is 30.6 Å². The molecule has 1 unspecified atom stereocenters. The van der Waals surface area contributed by atoms with Gasteiger partial charge in [-0.2, -0.15) is 0 Å². The minimum atomic E-state index is -1.15. The molecule has 0 fully saturated rings. The first-order valence-electron chi connectivity index (χ1n) is 10.9. The summed E-state index contributed by atoms with van der Waals surface area (Å²) in [5.41, 5.74) is 2.75. The molecule has 0 saturated heterocycles. The molecule has 170 valence electrons. The summed E-state index contributed by atoms with van der Waals surface area (Å²) in [4.78, 5) is 28.9. The summed E-state index contributed by atoms with van der Waals surface area (Å²) in [5.74, 6) is -0.0404. The maximum absolute atomic E-state index is 14.0. The van der Waals surface area contributed by atoms with Crippen LogP contribution in [-0.4, -0.2) is 31.6 Å². The molecule has 1 aliphatic rings. The van der Waals surface area contributed by atoms with Crippen molar-refractivity contribution in [3.8, 4) is 5.75 Å². The molecule has 5 heteroatoms. The standard InChI is InChI=1S/C27H33NO4/c1-18(2)17-27(25(30)32-7)15-14-19-10-8-9-11-22(19)28(27)24(29)20-12-13-21(26(3,4)5)23(16-20)31-6/h8-13,16H,1,14-15,17H2,2-7H3. The largest absolute Gasteiger partial charge is 0.496 e. The number of hydrogen-bond acceptors (Lipinski definition) is 4. The van der Waals surface area contributed by atoms with Gasteiger partial charge in [0.05, 0.1) is 14.2 Å². The lowest BCUT2D eigenvalue weighted by Crippen LogP contribution is -2.60. The van der Waals surface area contributed by atoms with E-state index in [1.165, 1.54) is 7.11 Å². The van der Waals surface area contributed by atoms with Gasteiger partial charge < -0.3 is 9.47 Å². The van der Waals surface area contributed by atoms with E-state index in [1.54, 1.807) is 18.1 Å². The summed E-state index contributed by atoms with van der Waals surface area (Å²) in [6, 6.07) is 13.2. The van der Waals surface area contributed by atoms with Gasteiger partial charge in [0.1, 0.15) is 11.3 Å². The van der Waals surface area contributed by atoms with Gasteiger partial charge in [-0.25, -0.2) is 4.79 Å². The summed E-state index contributed by atoms with van der Waals surface area (Å²) < 4.78 is 10.9. The number of rotatable bonds is 5. The van der Waals surface area contributed by atoms with E-state index in [0.717, 1.165) is 22.4 Å². The highest BCUT2D eigenvalue weighted by Crippen LogP contribution is 2.42. The number of amides is 1. The summed E-state index contributed by atoms with van der Waals surface area (Å²) >= 11 is 0. The van der Waals surface area contributed by atoms with Crippen molar-refractivity contribution in [3.05, 3.63) is 71.3 Å². The van der Waals surface area contributed by atoms with Crippen molar-refractivity contribution in [1.29, 1.82) is 0 Å². The number of nitrogens with zero attached hydrogens (tertiary/aromatic N) is 1. The molecular weight excluding hydrogens is 402 g/mol. The lowest BCUT2D eigenvalue weighted by molar-refractivity contribution is -0.147. The Hall–Kier alpha value is -3.08. The number of benzene rings is 2. The van der Waals surface area contributed by atoms with Crippen molar-refractivity contribution in [1.82, 2.24) is 0 Å². The first-order valence-corrected chi connectivity index (χ1v) is 10.9. The second kappa shape index (κ2) is 8.81. The Kier molecular flexibility index (Phi) is 6.49. The minimum Gasteiger partial charge on any atom is -0.496 e. The van der Waals surface area contributed by atoms with Crippen molar-refractivity contribution in [2.75, 3.05) is 19.1 Å². The Morgan fingerprint density at radius 3 is 2.41 bits per heavy atom. The van der Waals surface area contributed by atoms with Crippen LogP contribution < -0.4 is 9.64 Å². The fourth-order valence-electron chi connectivity index (χ4n) is 4.62. The normalized spacial score (nSPS) is 18.0. The van der Waals surface area contributed by atoms with Gasteiger partial charge in [0.15, 0.2) is 0 Å². The molecule has 1 heterocycles. The number of para-hydroxylation sites is 1. The lowest BCUT2D eigenvalue weighted by atomic mass is 9.79. The highest BCUT2D eigenvalue weighted by molar-refractivity contribution is 6.12. The maximum Gasteiger partial charge on any atom is 0.332 e. The van der Waals surface area contributed by atoms with Crippen LogP contribution in [-0.2, 0) is 21.4 Å². The predicted octanol–water partition coefficient (Wildman–Crippen LogP) is 5.46. The van der Waals surface area contributed by atoms with Crippen LogP contribution in [0, 0.1) is 0 Å². The molecule has 32 heavy (non-hydrogen) atoms. The number of carbonyl (C=O) groups excluding carboxylic acids is 2. The van der Waals surface area contributed by atoms with Crippen LogP contribution in [0.2, 0.25) is 0 Å². The number of carbonyl (C=O) groups is 2. The number of anilines is 1. The van der Waals surface area contributed by atoms with E-state index in [-0.39, 0.29) is 11.3 Å². The number of methoxy groups -OCH3 is 2. The van der Waals surface area contributed by atoms with E-state index in [2.05, 4.69) is 27.4 Å². The first kappa shape index (κ1) is 23.6. The monoisotopic (exact) mass is 435 g/mol. The predicted molar refractivity (Wildman–Crippen MR) is 127 cm³/mol. The quantitative estimate of drug-likeness (QED) is 0.462. The molecule has 0 saturated carbocycles. The molecule has 0 spiro atoms. The number of hydrogen-bond donors (Lipinski definition) is 0. The lowest BCUT2D eigenvalue weighted by Gasteiger charge is -2.46. The van der Waals surface area contributed by atoms with Gasteiger partial charge in [0.2, 0.25) is 0 Å². The second-order valence-corrected chi connectivity index (χ2v) is 9.59. The third kappa shape index (κ3) is 4.16. The highest BCUT2D eigenvalue weighted by Gasteiger charge is 2.51. The highest BCUT2D eigenvalue weighted by atomic mass is 16.5. The van der Waals surface area contributed by atoms with Gasteiger partial charge in [0.25, 0.3) is 5.91 Å². The molecule has 0 radical (unpaired) electrons. The third-order valence-electron chi connectivity index (χ3n) is 6.09. The molecule has 0 N–H and O–H groups in total. The summed E-state index contributed by atoms with van der Waals surface area (Å²) in [5, 5.41) is 0. The van der Waals surface area contributed by atoms with Gasteiger partial charge in [-0.05, 0) is 54.5 Å². The van der Waals surface area contributed by atoms with E-state index in [9.17, 15) is 9.59 Å². The van der Waals surface area contributed by atoms with Crippen LogP contribution in [0.1, 0.15) is 62.0 Å². The minimum absolute atomic E-state index is 0.139. The van der Waals surface area contributed by atoms with Gasteiger partial charge in [-0.3, -0.25) is 9.69 Å². The topological polar surface area (TPSA) is 55.8 Å². The zero-order valence-corrected chi connectivity index (χ0v) is 20.0. The van der Waals surface area contributed by atoms with E-state index in [4.69, 9.17) is 9.47 Å². The maximum atomic E-state index is 14.0. The number of aryl methyl sites for hydroxylation is 1. The molecular formula is C27H33NO4. The molecule has 1 atom stereocenters. The van der Waals surface area contributed by atoms with E-state index < -0.39 is 11.5 Å². The Labute approximate surface area is 191 Å². The van der Waals surface area contributed by atoms with Crippen LogP contribution in [0.15, 0.2) is 54.6 Å². The molecule has 0 aliphatic carbocycles. The van der Waals surface area contributed by atoms with Gasteiger partial charge >= 0.3 is 5.97 Å². The van der Waals surface area contributed by atoms with Crippen LogP contribution in [0.5, 0.6) is 5.75 Å². The van der Waals surface area contributed by atoms with Crippen LogP contribution >= 0.6 is 0 Å². The van der Waals surface area contributed by atoms with Crippen LogP contribution in [0.4, 0.5) is 5.69 Å². The SMILES string of the molecule is C=C(C)CC1(C(=O)OC)CCc2ccccc2N1C(=O)c1ccc(C(C)(C)C)c(OC)c1. The van der Waals surface area contributed by atoms with Crippen molar-refractivity contribution in [2.45, 2.75) is 57.9 Å². The smallest absolute Gasteiger partial charge is 0.332 e. The molecule has 1 aliphatic heterocycles. The zero-order chi connectivity index (χ0) is 23.7. The van der Waals surface area contributed by atoms with Gasteiger partial charge in [0, 0.05) is 17.7 Å². The Balaban J connectivity index is 2.21. The average molecular weight is 436 g/mol. The summed E-state index contributed by atoms with van der Waals surface area (Å²) in [6.07, 6.45) is 1.47. The zero-order valence-electron chi connectivity index (χ0n) is 20.0. The van der Waals surface area contributed by atoms with E-state index >= 15 is 0 Å². The molecule has 5 nitrogen and oxygen atoms in total. The van der Waals surface area contributed by atoms with Gasteiger partial charge in [-0.1, -0.05) is 50.6 Å². The number of ether oxygens (including phenoxy) is 2. The molecule has 2 aromatic carbocycles. The van der Waals surface area contributed by atoms with Crippen LogP contribution in [0.3, 0.4) is 0 Å². The molecule has 2 aromatic rings. The summed E-state index contributed by atoms with van der Waals surface area (Å²) in [7, 11) is 2.97. The molecule has 1 amide bonds.